The van der Waals surface area contributed by atoms with E-state index in [0.29, 0.717) is 6.54 Å². The van der Waals surface area contributed by atoms with Crippen LogP contribution in [0.15, 0.2) is 24.3 Å². The van der Waals surface area contributed by atoms with E-state index in [4.69, 9.17) is 4.74 Å². The lowest BCUT2D eigenvalue weighted by Crippen LogP contribution is -2.43. The zero-order valence-electron chi connectivity index (χ0n) is 14.5. The van der Waals surface area contributed by atoms with Gasteiger partial charge in [-0.05, 0) is 45.7 Å². The number of carbonyl (C=O) groups excluding carboxylic acids is 1. The summed E-state index contributed by atoms with van der Waals surface area (Å²) in [7, 11) is 0. The molecule has 1 atom stereocenters. The highest BCUT2D eigenvalue weighted by Gasteiger charge is 2.26. The summed E-state index contributed by atoms with van der Waals surface area (Å²) < 4.78 is 7.57. The van der Waals surface area contributed by atoms with Crippen molar-refractivity contribution < 1.29 is 9.53 Å². The van der Waals surface area contributed by atoms with Gasteiger partial charge in [0.1, 0.15) is 17.4 Å². The maximum Gasteiger partial charge on any atom is 0.260 e. The maximum atomic E-state index is 12.5. The van der Waals surface area contributed by atoms with E-state index in [9.17, 15) is 4.79 Å². The van der Waals surface area contributed by atoms with Crippen molar-refractivity contribution in [3.05, 3.63) is 41.5 Å². The van der Waals surface area contributed by atoms with Crippen LogP contribution in [0.5, 0.6) is 5.75 Å². The summed E-state index contributed by atoms with van der Waals surface area (Å²) in [6.07, 6.45) is 1.99. The van der Waals surface area contributed by atoms with Gasteiger partial charge in [0.05, 0.1) is 6.04 Å². The van der Waals surface area contributed by atoms with Crippen LogP contribution >= 0.6 is 0 Å². The SMILES string of the molecule is Cc1ccc(OCC(=O)N2CCC[C@@H](n3nc(C)nc3C)C2)cc1. The van der Waals surface area contributed by atoms with Gasteiger partial charge < -0.3 is 9.64 Å². The number of ether oxygens (including phenoxy) is 1. The Bertz CT molecular complexity index is 708. The fraction of sp³-hybridized carbons (Fsp3) is 0.500. The minimum Gasteiger partial charge on any atom is -0.484 e. The van der Waals surface area contributed by atoms with Gasteiger partial charge in [-0.2, -0.15) is 5.10 Å². The normalized spacial score (nSPS) is 17.8. The minimum absolute atomic E-state index is 0.0229. The zero-order chi connectivity index (χ0) is 17.1. The molecule has 6 nitrogen and oxygen atoms in total. The Morgan fingerprint density at radius 1 is 1.25 bits per heavy atom. The lowest BCUT2D eigenvalue weighted by atomic mass is 10.1. The van der Waals surface area contributed by atoms with Gasteiger partial charge in [-0.25, -0.2) is 9.67 Å². The molecule has 1 aliphatic heterocycles. The van der Waals surface area contributed by atoms with Crippen LogP contribution in [-0.2, 0) is 4.79 Å². The van der Waals surface area contributed by atoms with Gasteiger partial charge in [-0.15, -0.1) is 0 Å². The highest BCUT2D eigenvalue weighted by molar-refractivity contribution is 5.77. The second kappa shape index (κ2) is 7.03. The molecule has 1 saturated heterocycles. The number of hydrogen-bond donors (Lipinski definition) is 0. The molecule has 24 heavy (non-hydrogen) atoms. The van der Waals surface area contributed by atoms with Crippen molar-refractivity contribution in [2.45, 2.75) is 39.7 Å². The molecule has 0 radical (unpaired) electrons. The molecule has 128 valence electrons. The molecule has 2 aromatic rings. The Morgan fingerprint density at radius 3 is 2.67 bits per heavy atom. The van der Waals surface area contributed by atoms with Gasteiger partial charge in [0.2, 0.25) is 0 Å². The van der Waals surface area contributed by atoms with Crippen LogP contribution in [0.4, 0.5) is 0 Å². The van der Waals surface area contributed by atoms with Crippen LogP contribution in [0.1, 0.15) is 36.1 Å². The van der Waals surface area contributed by atoms with Crippen molar-refractivity contribution in [3.8, 4) is 5.75 Å². The molecule has 0 bridgehead atoms. The molecule has 3 rings (SSSR count). The van der Waals surface area contributed by atoms with E-state index in [2.05, 4.69) is 10.1 Å². The molecular formula is C18H24N4O2. The first-order chi connectivity index (χ1) is 11.5. The molecule has 1 fully saturated rings. The van der Waals surface area contributed by atoms with E-state index in [1.807, 2.05) is 54.6 Å². The Balaban J connectivity index is 1.58. The third kappa shape index (κ3) is 3.75. The number of rotatable bonds is 4. The molecule has 0 N–H and O–H groups in total. The number of hydrogen-bond acceptors (Lipinski definition) is 4. The van der Waals surface area contributed by atoms with Crippen LogP contribution in [0.3, 0.4) is 0 Å². The molecule has 0 spiro atoms. The van der Waals surface area contributed by atoms with Crippen molar-refractivity contribution in [1.82, 2.24) is 19.7 Å². The molecule has 1 aliphatic rings. The highest BCUT2D eigenvalue weighted by Crippen LogP contribution is 2.22. The van der Waals surface area contributed by atoms with E-state index < -0.39 is 0 Å². The topological polar surface area (TPSA) is 60.2 Å². The smallest absolute Gasteiger partial charge is 0.260 e. The molecule has 6 heteroatoms. The predicted molar refractivity (Wildman–Crippen MR) is 91.0 cm³/mol. The Hall–Kier alpha value is -2.37. The highest BCUT2D eigenvalue weighted by atomic mass is 16.5. The molecule has 2 heterocycles. The average molecular weight is 328 g/mol. The lowest BCUT2D eigenvalue weighted by molar-refractivity contribution is -0.135. The van der Waals surface area contributed by atoms with Crippen molar-refractivity contribution in [3.63, 3.8) is 0 Å². The minimum atomic E-state index is 0.0229. The van der Waals surface area contributed by atoms with Crippen LogP contribution in [-0.4, -0.2) is 45.3 Å². The fourth-order valence-electron chi connectivity index (χ4n) is 3.13. The number of carbonyl (C=O) groups is 1. The first-order valence-electron chi connectivity index (χ1n) is 8.40. The average Bonchev–Trinajstić information content (AvgIpc) is 2.92. The van der Waals surface area contributed by atoms with Gasteiger partial charge in [0, 0.05) is 13.1 Å². The molecular weight excluding hydrogens is 304 g/mol. The molecule has 1 aromatic heterocycles. The van der Waals surface area contributed by atoms with Crippen molar-refractivity contribution in [2.24, 2.45) is 0 Å². The van der Waals surface area contributed by atoms with Crippen LogP contribution < -0.4 is 4.74 Å². The number of nitrogens with zero attached hydrogens (tertiary/aromatic N) is 4. The van der Waals surface area contributed by atoms with Crippen molar-refractivity contribution >= 4 is 5.91 Å². The van der Waals surface area contributed by atoms with Crippen LogP contribution in [0, 0.1) is 20.8 Å². The quantitative estimate of drug-likeness (QED) is 0.865. The second-order valence-electron chi connectivity index (χ2n) is 6.39. The lowest BCUT2D eigenvalue weighted by Gasteiger charge is -2.33. The van der Waals surface area contributed by atoms with Gasteiger partial charge in [0.15, 0.2) is 6.61 Å². The number of aromatic nitrogens is 3. The number of aryl methyl sites for hydroxylation is 3. The first-order valence-corrected chi connectivity index (χ1v) is 8.40. The van der Waals surface area contributed by atoms with Gasteiger partial charge in [0.25, 0.3) is 5.91 Å². The van der Waals surface area contributed by atoms with Crippen molar-refractivity contribution in [1.29, 1.82) is 0 Å². The molecule has 1 aromatic carbocycles. The van der Waals surface area contributed by atoms with Crippen molar-refractivity contribution in [2.75, 3.05) is 19.7 Å². The monoisotopic (exact) mass is 328 g/mol. The molecule has 0 unspecified atom stereocenters. The van der Waals surface area contributed by atoms with Gasteiger partial charge in [-0.1, -0.05) is 17.7 Å². The Labute approximate surface area is 142 Å². The summed E-state index contributed by atoms with van der Waals surface area (Å²) in [5.41, 5.74) is 1.17. The third-order valence-corrected chi connectivity index (χ3v) is 4.39. The standard InChI is InChI=1S/C18H24N4O2/c1-13-6-8-17(9-7-13)24-12-18(23)21-10-4-5-16(11-21)22-15(3)19-14(2)20-22/h6-9,16H,4-5,10-12H2,1-3H3/t16-/m1/s1. The number of amides is 1. The summed E-state index contributed by atoms with van der Waals surface area (Å²) in [5, 5.41) is 4.47. The van der Waals surface area contributed by atoms with Crippen LogP contribution in [0.25, 0.3) is 0 Å². The van der Waals surface area contributed by atoms with E-state index in [1.165, 1.54) is 5.56 Å². The maximum absolute atomic E-state index is 12.5. The summed E-state index contributed by atoms with van der Waals surface area (Å²) in [5.74, 6) is 2.43. The predicted octanol–water partition coefficient (Wildman–Crippen LogP) is 2.45. The fourth-order valence-corrected chi connectivity index (χ4v) is 3.13. The van der Waals surface area contributed by atoms with E-state index >= 15 is 0 Å². The third-order valence-electron chi connectivity index (χ3n) is 4.39. The second-order valence-corrected chi connectivity index (χ2v) is 6.39. The van der Waals surface area contributed by atoms with Gasteiger partial charge in [-0.3, -0.25) is 4.79 Å². The molecule has 0 saturated carbocycles. The Morgan fingerprint density at radius 2 is 2.00 bits per heavy atom. The summed E-state index contributed by atoms with van der Waals surface area (Å²) in [6.45, 7) is 7.40. The number of likely N-dealkylation sites (tertiary alicyclic amines) is 1. The number of benzene rings is 1. The number of piperidine rings is 1. The summed E-state index contributed by atoms with van der Waals surface area (Å²) >= 11 is 0. The molecule has 1 amide bonds. The zero-order valence-corrected chi connectivity index (χ0v) is 14.5. The Kier molecular flexibility index (Phi) is 4.83. The van der Waals surface area contributed by atoms with Crippen LogP contribution in [0.2, 0.25) is 0 Å². The summed E-state index contributed by atoms with van der Waals surface area (Å²) in [6, 6.07) is 7.94. The van der Waals surface area contributed by atoms with E-state index in [0.717, 1.165) is 36.8 Å². The molecule has 0 aliphatic carbocycles. The van der Waals surface area contributed by atoms with Gasteiger partial charge >= 0.3 is 0 Å². The summed E-state index contributed by atoms with van der Waals surface area (Å²) in [4.78, 5) is 18.7. The first kappa shape index (κ1) is 16.5. The largest absolute Gasteiger partial charge is 0.484 e. The van der Waals surface area contributed by atoms with E-state index in [1.54, 1.807) is 0 Å². The van der Waals surface area contributed by atoms with E-state index in [-0.39, 0.29) is 18.6 Å².